The fourth-order valence-corrected chi connectivity index (χ4v) is 4.02. The molecule has 8 heteroatoms. The maximum Gasteiger partial charge on any atom is 0.266 e. The molecule has 7 nitrogen and oxygen atoms in total. The molecule has 0 bridgehead atoms. The molecule has 0 aliphatic carbocycles. The quantitative estimate of drug-likeness (QED) is 0.536. The SMILES string of the molecule is Cc1ccc(Nc2nc(C)cc(N3CCN(C(=O)C(C)(C)Oc4ccc(Cl)cc4)CC3)n2)cc1. The van der Waals surface area contributed by atoms with Gasteiger partial charge in [0.1, 0.15) is 11.6 Å². The van der Waals surface area contributed by atoms with Crippen LogP contribution in [0.2, 0.25) is 5.02 Å². The van der Waals surface area contributed by atoms with E-state index in [4.69, 9.17) is 21.3 Å². The second kappa shape index (κ2) is 9.89. The van der Waals surface area contributed by atoms with Crippen LogP contribution in [-0.2, 0) is 4.79 Å². The lowest BCUT2D eigenvalue weighted by Crippen LogP contribution is -2.56. The van der Waals surface area contributed by atoms with E-state index in [1.165, 1.54) is 5.56 Å². The standard InChI is InChI=1S/C26H30ClN5O2/c1-18-5-9-21(10-6-18)29-25-28-19(2)17-23(30-25)31-13-15-32(16-14-31)24(33)26(3,4)34-22-11-7-20(27)8-12-22/h5-12,17H,13-16H2,1-4H3,(H,28,29,30). The molecule has 1 aliphatic heterocycles. The van der Waals surface area contributed by atoms with Gasteiger partial charge in [0.25, 0.3) is 5.91 Å². The number of amides is 1. The average Bonchev–Trinajstić information content (AvgIpc) is 2.81. The van der Waals surface area contributed by atoms with Crippen molar-refractivity contribution in [2.45, 2.75) is 33.3 Å². The lowest BCUT2D eigenvalue weighted by molar-refractivity contribution is -0.145. The Hall–Kier alpha value is -3.32. The van der Waals surface area contributed by atoms with Gasteiger partial charge in [-0.3, -0.25) is 4.79 Å². The van der Waals surface area contributed by atoms with Crippen molar-refractivity contribution in [1.29, 1.82) is 0 Å². The molecule has 1 amide bonds. The lowest BCUT2D eigenvalue weighted by Gasteiger charge is -2.39. The Kier molecular flexibility index (Phi) is 6.93. The van der Waals surface area contributed by atoms with Crippen LogP contribution in [0.4, 0.5) is 17.5 Å². The number of nitrogens with one attached hydrogen (secondary N) is 1. The third-order valence-electron chi connectivity index (χ3n) is 5.74. The van der Waals surface area contributed by atoms with Gasteiger partial charge < -0.3 is 19.9 Å². The zero-order chi connectivity index (χ0) is 24.3. The second-order valence-electron chi connectivity index (χ2n) is 9.03. The zero-order valence-corrected chi connectivity index (χ0v) is 20.8. The molecule has 2 heterocycles. The van der Waals surface area contributed by atoms with E-state index in [1.807, 2.05) is 42.2 Å². The number of carbonyl (C=O) groups is 1. The van der Waals surface area contributed by atoms with Gasteiger partial charge in [0, 0.05) is 48.6 Å². The van der Waals surface area contributed by atoms with E-state index in [0.29, 0.717) is 42.9 Å². The molecule has 1 N–H and O–H groups in total. The van der Waals surface area contributed by atoms with E-state index >= 15 is 0 Å². The fourth-order valence-electron chi connectivity index (χ4n) is 3.90. The van der Waals surface area contributed by atoms with Gasteiger partial charge in [-0.05, 0) is 64.1 Å². The smallest absolute Gasteiger partial charge is 0.266 e. The number of carbonyl (C=O) groups excluding carboxylic acids is 1. The highest BCUT2D eigenvalue weighted by Gasteiger charge is 2.36. The van der Waals surface area contributed by atoms with Gasteiger partial charge in [0.2, 0.25) is 5.95 Å². The normalized spacial score (nSPS) is 14.1. The monoisotopic (exact) mass is 479 g/mol. The first-order valence-corrected chi connectivity index (χ1v) is 11.8. The number of hydrogen-bond donors (Lipinski definition) is 1. The number of rotatable bonds is 6. The minimum absolute atomic E-state index is 0.0392. The molecule has 3 aromatic rings. The molecule has 0 atom stereocenters. The molecule has 1 aliphatic rings. The maximum atomic E-state index is 13.2. The van der Waals surface area contributed by atoms with Crippen molar-refractivity contribution in [2.24, 2.45) is 0 Å². The molecule has 2 aromatic carbocycles. The number of piperazine rings is 1. The Balaban J connectivity index is 1.39. The number of ether oxygens (including phenoxy) is 1. The Morgan fingerprint density at radius 1 is 0.971 bits per heavy atom. The molecule has 0 unspecified atom stereocenters. The van der Waals surface area contributed by atoms with Gasteiger partial charge in [-0.2, -0.15) is 4.98 Å². The van der Waals surface area contributed by atoms with Crippen LogP contribution < -0.4 is 15.0 Å². The minimum Gasteiger partial charge on any atom is -0.478 e. The van der Waals surface area contributed by atoms with Crippen molar-refractivity contribution in [1.82, 2.24) is 14.9 Å². The molecule has 0 radical (unpaired) electrons. The number of hydrogen-bond acceptors (Lipinski definition) is 6. The zero-order valence-electron chi connectivity index (χ0n) is 20.0. The second-order valence-corrected chi connectivity index (χ2v) is 9.46. The predicted molar refractivity (Wildman–Crippen MR) is 136 cm³/mol. The van der Waals surface area contributed by atoms with Gasteiger partial charge in [-0.1, -0.05) is 29.3 Å². The van der Waals surface area contributed by atoms with Crippen LogP contribution in [0.15, 0.2) is 54.6 Å². The van der Waals surface area contributed by atoms with Crippen molar-refractivity contribution >= 4 is 35.0 Å². The van der Waals surface area contributed by atoms with Crippen molar-refractivity contribution in [3.05, 3.63) is 70.9 Å². The number of halogens is 1. The van der Waals surface area contributed by atoms with Crippen LogP contribution in [0.25, 0.3) is 0 Å². The predicted octanol–water partition coefficient (Wildman–Crippen LogP) is 5.00. The molecular weight excluding hydrogens is 450 g/mol. The van der Waals surface area contributed by atoms with Crippen molar-refractivity contribution in [2.75, 3.05) is 36.4 Å². The van der Waals surface area contributed by atoms with E-state index in [0.717, 1.165) is 17.2 Å². The highest BCUT2D eigenvalue weighted by Crippen LogP contribution is 2.24. The number of aromatic nitrogens is 2. The Labute approximate surface area is 205 Å². The average molecular weight is 480 g/mol. The van der Waals surface area contributed by atoms with Crippen molar-refractivity contribution in [3.63, 3.8) is 0 Å². The third-order valence-corrected chi connectivity index (χ3v) is 5.99. The lowest BCUT2D eigenvalue weighted by atomic mass is 10.1. The Bertz CT molecular complexity index is 1140. The minimum atomic E-state index is -0.980. The summed E-state index contributed by atoms with van der Waals surface area (Å²) in [7, 11) is 0. The molecule has 34 heavy (non-hydrogen) atoms. The van der Waals surface area contributed by atoms with Crippen LogP contribution in [0, 0.1) is 13.8 Å². The first kappa shape index (κ1) is 23.8. The molecule has 0 spiro atoms. The molecule has 178 valence electrons. The molecule has 1 fully saturated rings. The Morgan fingerprint density at radius 2 is 1.62 bits per heavy atom. The number of nitrogens with zero attached hydrogens (tertiary/aromatic N) is 4. The summed E-state index contributed by atoms with van der Waals surface area (Å²) in [6.07, 6.45) is 0. The number of aryl methyl sites for hydroxylation is 2. The van der Waals surface area contributed by atoms with Crippen LogP contribution in [0.3, 0.4) is 0 Å². The van der Waals surface area contributed by atoms with E-state index in [-0.39, 0.29) is 5.91 Å². The summed E-state index contributed by atoms with van der Waals surface area (Å²) >= 11 is 5.95. The van der Waals surface area contributed by atoms with Gasteiger partial charge >= 0.3 is 0 Å². The van der Waals surface area contributed by atoms with E-state index in [1.54, 1.807) is 38.1 Å². The fraction of sp³-hybridized carbons (Fsp3) is 0.346. The van der Waals surface area contributed by atoms with E-state index in [9.17, 15) is 4.79 Å². The van der Waals surface area contributed by atoms with Gasteiger partial charge in [-0.15, -0.1) is 0 Å². The van der Waals surface area contributed by atoms with E-state index < -0.39 is 5.60 Å². The van der Waals surface area contributed by atoms with E-state index in [2.05, 4.69) is 22.1 Å². The highest BCUT2D eigenvalue weighted by molar-refractivity contribution is 6.30. The van der Waals surface area contributed by atoms with Crippen molar-refractivity contribution < 1.29 is 9.53 Å². The first-order chi connectivity index (χ1) is 16.2. The molecule has 4 rings (SSSR count). The first-order valence-electron chi connectivity index (χ1n) is 11.4. The molecule has 1 aromatic heterocycles. The summed E-state index contributed by atoms with van der Waals surface area (Å²) in [5.41, 5.74) is 2.05. The summed E-state index contributed by atoms with van der Waals surface area (Å²) < 4.78 is 5.99. The number of benzene rings is 2. The molecule has 0 saturated carbocycles. The summed E-state index contributed by atoms with van der Waals surface area (Å²) in [5.74, 6) is 2.00. The summed E-state index contributed by atoms with van der Waals surface area (Å²) in [6, 6.07) is 17.2. The van der Waals surface area contributed by atoms with Crippen LogP contribution in [0.5, 0.6) is 5.75 Å². The number of anilines is 3. The summed E-state index contributed by atoms with van der Waals surface area (Å²) in [5, 5.41) is 3.92. The Morgan fingerprint density at radius 3 is 2.26 bits per heavy atom. The largest absolute Gasteiger partial charge is 0.478 e. The van der Waals surface area contributed by atoms with Crippen LogP contribution in [-0.4, -0.2) is 52.6 Å². The summed E-state index contributed by atoms with van der Waals surface area (Å²) in [4.78, 5) is 26.5. The van der Waals surface area contributed by atoms with Gasteiger partial charge in [0.05, 0.1) is 0 Å². The molecular formula is C26H30ClN5O2. The summed E-state index contributed by atoms with van der Waals surface area (Å²) in [6.45, 7) is 10.2. The van der Waals surface area contributed by atoms with Crippen molar-refractivity contribution in [3.8, 4) is 5.75 Å². The van der Waals surface area contributed by atoms with Gasteiger partial charge in [-0.25, -0.2) is 4.98 Å². The molecule has 1 saturated heterocycles. The highest BCUT2D eigenvalue weighted by atomic mass is 35.5. The van der Waals surface area contributed by atoms with Crippen LogP contribution >= 0.6 is 11.6 Å². The van der Waals surface area contributed by atoms with Crippen LogP contribution in [0.1, 0.15) is 25.1 Å². The maximum absolute atomic E-state index is 13.2. The third kappa shape index (κ3) is 5.78. The topological polar surface area (TPSA) is 70.6 Å². The van der Waals surface area contributed by atoms with Gasteiger partial charge in [0.15, 0.2) is 5.60 Å².